The Morgan fingerprint density at radius 2 is 2.08 bits per heavy atom. The predicted molar refractivity (Wildman–Crippen MR) is 103 cm³/mol. The molecule has 1 heterocycles. The van der Waals surface area contributed by atoms with Gasteiger partial charge in [-0.15, -0.1) is 0 Å². The number of nitrogens with zero attached hydrogens (tertiary/aromatic N) is 2. The van der Waals surface area contributed by atoms with Crippen molar-refractivity contribution in [2.75, 3.05) is 26.3 Å². The summed E-state index contributed by atoms with van der Waals surface area (Å²) in [5.41, 5.74) is 0.467. The van der Waals surface area contributed by atoms with Crippen LogP contribution in [0.5, 0.6) is 11.5 Å². The van der Waals surface area contributed by atoms with E-state index in [9.17, 15) is 4.79 Å². The van der Waals surface area contributed by atoms with Crippen molar-refractivity contribution in [1.29, 1.82) is 5.26 Å². The maximum Gasteiger partial charge on any atom is 0.258 e. The minimum absolute atomic E-state index is 0.0883. The summed E-state index contributed by atoms with van der Waals surface area (Å²) in [5.74, 6) is 0.749. The molecule has 0 spiro atoms. The minimum Gasteiger partial charge on any atom is -0.490 e. The average molecular weight is 424 g/mol. The molecular formula is C19H26BrN3O3. The molecule has 0 unspecified atom stereocenters. The van der Waals surface area contributed by atoms with E-state index in [1.165, 1.54) is 0 Å². The van der Waals surface area contributed by atoms with E-state index in [4.69, 9.17) is 14.7 Å². The highest BCUT2D eigenvalue weighted by Gasteiger charge is 2.22. The number of halogens is 1. The topological polar surface area (TPSA) is 74.6 Å². The van der Waals surface area contributed by atoms with Gasteiger partial charge in [-0.2, -0.15) is 5.26 Å². The normalized spacial score (nSPS) is 15.5. The number of piperidine rings is 1. The largest absolute Gasteiger partial charge is 0.490 e. The molecule has 1 aliphatic rings. The van der Waals surface area contributed by atoms with Crippen molar-refractivity contribution >= 4 is 21.8 Å². The van der Waals surface area contributed by atoms with Crippen LogP contribution in [0, 0.1) is 11.3 Å². The Balaban J connectivity index is 1.90. The first-order chi connectivity index (χ1) is 12.4. The lowest BCUT2D eigenvalue weighted by molar-refractivity contribution is -0.124. The van der Waals surface area contributed by atoms with Crippen LogP contribution < -0.4 is 14.8 Å². The lowest BCUT2D eigenvalue weighted by Crippen LogP contribution is -2.47. The Labute approximate surface area is 163 Å². The van der Waals surface area contributed by atoms with Crippen LogP contribution in [-0.4, -0.2) is 49.2 Å². The zero-order valence-corrected chi connectivity index (χ0v) is 17.1. The SMILES string of the molecule is CCOc1cc(C#N)cc(Br)c1OCC(=O)NC1CCN(C(C)C)CC1. The van der Waals surface area contributed by atoms with Crippen molar-refractivity contribution in [3.8, 4) is 17.6 Å². The number of carbonyl (C=O) groups excluding carboxylic acids is 1. The number of benzene rings is 1. The molecule has 1 aliphatic heterocycles. The van der Waals surface area contributed by atoms with Gasteiger partial charge in [-0.1, -0.05) is 0 Å². The number of carbonyl (C=O) groups is 1. The van der Waals surface area contributed by atoms with E-state index in [2.05, 4.69) is 46.1 Å². The van der Waals surface area contributed by atoms with E-state index in [1.54, 1.807) is 12.1 Å². The quantitative estimate of drug-likeness (QED) is 0.728. The molecule has 26 heavy (non-hydrogen) atoms. The van der Waals surface area contributed by atoms with Crippen molar-refractivity contribution in [3.63, 3.8) is 0 Å². The van der Waals surface area contributed by atoms with Crippen LogP contribution in [-0.2, 0) is 4.79 Å². The molecule has 0 bridgehead atoms. The molecule has 2 rings (SSSR count). The first kappa shape index (κ1) is 20.5. The molecule has 1 aromatic carbocycles. The summed E-state index contributed by atoms with van der Waals surface area (Å²) in [6.07, 6.45) is 1.91. The third-order valence-corrected chi connectivity index (χ3v) is 5.00. The van der Waals surface area contributed by atoms with Crippen LogP contribution in [0.3, 0.4) is 0 Å². The van der Waals surface area contributed by atoms with E-state index in [1.807, 2.05) is 6.92 Å². The lowest BCUT2D eigenvalue weighted by Gasteiger charge is -2.34. The van der Waals surface area contributed by atoms with Gasteiger partial charge in [0.15, 0.2) is 18.1 Å². The molecule has 1 saturated heterocycles. The second-order valence-corrected chi connectivity index (χ2v) is 7.44. The Morgan fingerprint density at radius 3 is 2.65 bits per heavy atom. The highest BCUT2D eigenvalue weighted by molar-refractivity contribution is 9.10. The number of ether oxygens (including phenoxy) is 2. The van der Waals surface area contributed by atoms with Gasteiger partial charge in [0.1, 0.15) is 0 Å². The molecule has 6 nitrogen and oxygen atoms in total. The molecule has 0 saturated carbocycles. The van der Waals surface area contributed by atoms with E-state index < -0.39 is 0 Å². The predicted octanol–water partition coefficient (Wildman–Crippen LogP) is 3.09. The summed E-state index contributed by atoms with van der Waals surface area (Å²) in [6, 6.07) is 6.07. The molecule has 0 atom stereocenters. The second kappa shape index (κ2) is 9.79. The van der Waals surface area contributed by atoms with Crippen molar-refractivity contribution in [1.82, 2.24) is 10.2 Å². The van der Waals surface area contributed by atoms with Gasteiger partial charge in [-0.05, 0) is 55.6 Å². The van der Waals surface area contributed by atoms with Crippen LogP contribution in [0.2, 0.25) is 0 Å². The summed E-state index contributed by atoms with van der Waals surface area (Å²) in [6.45, 7) is 8.59. The van der Waals surface area contributed by atoms with Gasteiger partial charge < -0.3 is 19.7 Å². The highest BCUT2D eigenvalue weighted by Crippen LogP contribution is 2.36. The van der Waals surface area contributed by atoms with Gasteiger partial charge in [0.05, 0.1) is 22.7 Å². The van der Waals surface area contributed by atoms with Gasteiger partial charge in [-0.3, -0.25) is 4.79 Å². The van der Waals surface area contributed by atoms with E-state index in [0.29, 0.717) is 34.2 Å². The molecule has 1 aromatic rings. The van der Waals surface area contributed by atoms with Crippen LogP contribution in [0.25, 0.3) is 0 Å². The van der Waals surface area contributed by atoms with Crippen LogP contribution in [0.4, 0.5) is 0 Å². The zero-order valence-electron chi connectivity index (χ0n) is 15.5. The van der Waals surface area contributed by atoms with Crippen LogP contribution in [0.1, 0.15) is 39.2 Å². The van der Waals surface area contributed by atoms with Gasteiger partial charge in [0.2, 0.25) is 0 Å². The molecule has 0 aromatic heterocycles. The van der Waals surface area contributed by atoms with Crippen molar-refractivity contribution in [2.24, 2.45) is 0 Å². The van der Waals surface area contributed by atoms with Crippen LogP contribution in [0.15, 0.2) is 16.6 Å². The third-order valence-electron chi connectivity index (χ3n) is 4.41. The number of hydrogen-bond donors (Lipinski definition) is 1. The monoisotopic (exact) mass is 423 g/mol. The summed E-state index contributed by atoms with van der Waals surface area (Å²) in [5, 5.41) is 12.1. The molecule has 1 amide bonds. The standard InChI is InChI=1S/C19H26BrN3O3/c1-4-25-17-10-14(11-21)9-16(20)19(17)26-12-18(24)22-15-5-7-23(8-6-15)13(2)3/h9-10,13,15H,4-8,12H2,1-3H3,(H,22,24). The molecule has 142 valence electrons. The number of nitrogens with one attached hydrogen (secondary N) is 1. The first-order valence-electron chi connectivity index (χ1n) is 8.97. The fraction of sp³-hybridized carbons (Fsp3) is 0.579. The van der Waals surface area contributed by atoms with Crippen molar-refractivity contribution < 1.29 is 14.3 Å². The Morgan fingerprint density at radius 1 is 1.38 bits per heavy atom. The number of nitriles is 1. The van der Waals surface area contributed by atoms with E-state index >= 15 is 0 Å². The maximum atomic E-state index is 12.2. The smallest absolute Gasteiger partial charge is 0.258 e. The van der Waals surface area contributed by atoms with Gasteiger partial charge in [-0.25, -0.2) is 0 Å². The van der Waals surface area contributed by atoms with Gasteiger partial charge in [0, 0.05) is 31.2 Å². The summed E-state index contributed by atoms with van der Waals surface area (Å²) < 4.78 is 11.8. The number of hydrogen-bond acceptors (Lipinski definition) is 5. The van der Waals surface area contributed by atoms with Crippen molar-refractivity contribution in [2.45, 2.75) is 45.7 Å². The van der Waals surface area contributed by atoms with Gasteiger partial charge >= 0.3 is 0 Å². The zero-order chi connectivity index (χ0) is 19.1. The van der Waals surface area contributed by atoms with Crippen molar-refractivity contribution in [3.05, 3.63) is 22.2 Å². The number of amides is 1. The summed E-state index contributed by atoms with van der Waals surface area (Å²) >= 11 is 3.38. The Kier molecular flexibility index (Phi) is 7.73. The molecule has 0 radical (unpaired) electrons. The molecule has 0 aliphatic carbocycles. The second-order valence-electron chi connectivity index (χ2n) is 6.59. The molecule has 1 N–H and O–H groups in total. The van der Waals surface area contributed by atoms with Crippen LogP contribution >= 0.6 is 15.9 Å². The number of rotatable bonds is 7. The molecular weight excluding hydrogens is 398 g/mol. The first-order valence-corrected chi connectivity index (χ1v) is 9.76. The molecule has 1 fully saturated rings. The third kappa shape index (κ3) is 5.61. The highest BCUT2D eigenvalue weighted by atomic mass is 79.9. The Hall–Kier alpha value is -1.78. The number of likely N-dealkylation sites (tertiary alicyclic amines) is 1. The minimum atomic E-state index is -0.147. The summed E-state index contributed by atoms with van der Waals surface area (Å²) in [7, 11) is 0. The lowest BCUT2D eigenvalue weighted by atomic mass is 10.0. The van der Waals surface area contributed by atoms with E-state index in [-0.39, 0.29) is 18.6 Å². The summed E-state index contributed by atoms with van der Waals surface area (Å²) in [4.78, 5) is 14.7. The average Bonchev–Trinajstić information content (AvgIpc) is 2.61. The fourth-order valence-corrected chi connectivity index (χ4v) is 3.56. The molecule has 7 heteroatoms. The Bertz CT molecular complexity index is 665. The van der Waals surface area contributed by atoms with E-state index in [0.717, 1.165) is 25.9 Å². The van der Waals surface area contributed by atoms with Gasteiger partial charge in [0.25, 0.3) is 5.91 Å². The fourth-order valence-electron chi connectivity index (χ4n) is 3.00. The maximum absolute atomic E-state index is 12.2.